The van der Waals surface area contributed by atoms with Crippen LogP contribution in [-0.4, -0.2) is 19.4 Å². The molecule has 1 unspecified atom stereocenters. The SMILES string of the molecule is CCC(C)Nc1oc(-c2ccccc2Cl)nc1S(=O)(=O)c1ccc(Br)cc1. The maximum atomic E-state index is 13.2. The first-order chi connectivity index (χ1) is 12.8. The quantitative estimate of drug-likeness (QED) is 0.494. The Morgan fingerprint density at radius 2 is 1.85 bits per heavy atom. The molecule has 0 fully saturated rings. The van der Waals surface area contributed by atoms with Crippen molar-refractivity contribution in [3.63, 3.8) is 0 Å². The number of halogens is 2. The van der Waals surface area contributed by atoms with Crippen molar-refractivity contribution in [3.8, 4) is 11.5 Å². The van der Waals surface area contributed by atoms with Crippen LogP contribution in [0.4, 0.5) is 5.88 Å². The van der Waals surface area contributed by atoms with Crippen molar-refractivity contribution < 1.29 is 12.8 Å². The van der Waals surface area contributed by atoms with Gasteiger partial charge in [-0.3, -0.25) is 0 Å². The van der Waals surface area contributed by atoms with Gasteiger partial charge < -0.3 is 9.73 Å². The highest BCUT2D eigenvalue weighted by Gasteiger charge is 2.29. The third-order valence-corrected chi connectivity index (χ3v) is 6.61. The molecule has 1 heterocycles. The number of oxazole rings is 1. The number of hydrogen-bond donors (Lipinski definition) is 1. The molecule has 0 saturated heterocycles. The molecule has 0 aliphatic heterocycles. The van der Waals surface area contributed by atoms with Crippen LogP contribution in [0.15, 0.2) is 67.3 Å². The summed E-state index contributed by atoms with van der Waals surface area (Å²) in [5.74, 6) is 0.268. The molecule has 8 heteroatoms. The summed E-state index contributed by atoms with van der Waals surface area (Å²) in [5, 5.41) is 3.38. The first-order valence-electron chi connectivity index (χ1n) is 8.36. The molecule has 0 saturated carbocycles. The molecule has 3 aromatic rings. The minimum absolute atomic E-state index is 0.0101. The molecule has 1 aromatic heterocycles. The van der Waals surface area contributed by atoms with Crippen molar-refractivity contribution in [2.75, 3.05) is 5.32 Å². The van der Waals surface area contributed by atoms with Gasteiger partial charge in [-0.1, -0.05) is 46.6 Å². The zero-order valence-electron chi connectivity index (χ0n) is 14.7. The van der Waals surface area contributed by atoms with Gasteiger partial charge in [0.1, 0.15) is 0 Å². The van der Waals surface area contributed by atoms with Gasteiger partial charge in [0.15, 0.2) is 0 Å². The third kappa shape index (κ3) is 4.20. The van der Waals surface area contributed by atoms with Gasteiger partial charge in [-0.2, -0.15) is 4.98 Å². The predicted molar refractivity (Wildman–Crippen MR) is 110 cm³/mol. The van der Waals surface area contributed by atoms with E-state index in [1.165, 1.54) is 12.1 Å². The van der Waals surface area contributed by atoms with Gasteiger partial charge in [-0.15, -0.1) is 0 Å². The van der Waals surface area contributed by atoms with E-state index in [1.807, 2.05) is 13.8 Å². The minimum atomic E-state index is -3.87. The number of nitrogens with one attached hydrogen (secondary N) is 1. The molecule has 27 heavy (non-hydrogen) atoms. The molecule has 5 nitrogen and oxygen atoms in total. The van der Waals surface area contributed by atoms with Crippen LogP contribution in [0.1, 0.15) is 20.3 Å². The van der Waals surface area contributed by atoms with E-state index in [9.17, 15) is 8.42 Å². The van der Waals surface area contributed by atoms with Crippen molar-refractivity contribution >= 4 is 43.3 Å². The van der Waals surface area contributed by atoms with E-state index in [1.54, 1.807) is 36.4 Å². The van der Waals surface area contributed by atoms with E-state index >= 15 is 0 Å². The van der Waals surface area contributed by atoms with Gasteiger partial charge in [-0.25, -0.2) is 8.42 Å². The maximum absolute atomic E-state index is 13.2. The Bertz CT molecular complexity index is 1050. The van der Waals surface area contributed by atoms with E-state index in [0.29, 0.717) is 10.6 Å². The normalized spacial score (nSPS) is 12.7. The summed E-state index contributed by atoms with van der Waals surface area (Å²) in [7, 11) is -3.87. The van der Waals surface area contributed by atoms with Crippen molar-refractivity contribution in [3.05, 3.63) is 58.0 Å². The Balaban J connectivity index is 2.15. The Kier molecular flexibility index (Phi) is 5.93. The molecule has 1 N–H and O–H groups in total. The van der Waals surface area contributed by atoms with E-state index < -0.39 is 9.84 Å². The lowest BCUT2D eigenvalue weighted by atomic mass is 10.2. The first kappa shape index (κ1) is 19.9. The van der Waals surface area contributed by atoms with Crippen molar-refractivity contribution in [2.45, 2.75) is 36.2 Å². The first-order valence-corrected chi connectivity index (χ1v) is 11.0. The van der Waals surface area contributed by atoms with Crippen LogP contribution in [0.2, 0.25) is 5.02 Å². The van der Waals surface area contributed by atoms with E-state index in [-0.39, 0.29) is 27.7 Å². The number of aromatic nitrogens is 1. The van der Waals surface area contributed by atoms with E-state index in [2.05, 4.69) is 26.2 Å². The molecule has 3 rings (SSSR count). The average Bonchev–Trinajstić information content (AvgIpc) is 3.06. The maximum Gasteiger partial charge on any atom is 0.234 e. The second kappa shape index (κ2) is 8.04. The van der Waals surface area contributed by atoms with Crippen LogP contribution in [0, 0.1) is 0 Å². The number of rotatable bonds is 6. The molecule has 0 aliphatic carbocycles. The Labute approximate surface area is 171 Å². The summed E-state index contributed by atoms with van der Waals surface area (Å²) < 4.78 is 32.9. The molecule has 0 aliphatic rings. The lowest BCUT2D eigenvalue weighted by molar-refractivity contribution is 0.566. The number of benzene rings is 2. The summed E-state index contributed by atoms with van der Waals surface area (Å²) in [5.41, 5.74) is 0.531. The summed E-state index contributed by atoms with van der Waals surface area (Å²) in [4.78, 5) is 4.42. The highest BCUT2D eigenvalue weighted by molar-refractivity contribution is 9.10. The highest BCUT2D eigenvalue weighted by atomic mass is 79.9. The third-order valence-electron chi connectivity index (χ3n) is 4.07. The van der Waals surface area contributed by atoms with Gasteiger partial charge in [-0.05, 0) is 49.7 Å². The van der Waals surface area contributed by atoms with E-state index in [0.717, 1.165) is 10.9 Å². The van der Waals surface area contributed by atoms with E-state index in [4.69, 9.17) is 16.0 Å². The molecular formula is C19H18BrClN2O3S. The molecule has 2 aromatic carbocycles. The van der Waals surface area contributed by atoms with Crippen molar-refractivity contribution in [1.82, 2.24) is 4.98 Å². The molecule has 0 spiro atoms. The fourth-order valence-corrected chi connectivity index (χ4v) is 4.13. The van der Waals surface area contributed by atoms with Gasteiger partial charge in [0.2, 0.25) is 26.6 Å². The van der Waals surface area contributed by atoms with Crippen molar-refractivity contribution in [2.24, 2.45) is 0 Å². The number of sulfone groups is 1. The molecular weight excluding hydrogens is 452 g/mol. The minimum Gasteiger partial charge on any atom is -0.419 e. The molecule has 0 radical (unpaired) electrons. The van der Waals surface area contributed by atoms with Crippen molar-refractivity contribution in [1.29, 1.82) is 0 Å². The highest BCUT2D eigenvalue weighted by Crippen LogP contribution is 2.35. The Morgan fingerprint density at radius 1 is 1.19 bits per heavy atom. The largest absolute Gasteiger partial charge is 0.419 e. The van der Waals surface area contributed by atoms with Crippen LogP contribution in [0.25, 0.3) is 11.5 Å². The molecule has 1 atom stereocenters. The van der Waals surface area contributed by atoms with Crippen LogP contribution in [-0.2, 0) is 9.84 Å². The Hall–Kier alpha value is -1.83. The van der Waals surface area contributed by atoms with Crippen LogP contribution < -0.4 is 5.32 Å². The fourth-order valence-electron chi connectivity index (χ4n) is 2.38. The lowest BCUT2D eigenvalue weighted by Gasteiger charge is -2.11. The fraction of sp³-hybridized carbons (Fsp3) is 0.211. The molecule has 142 valence electrons. The number of nitrogens with zero attached hydrogens (tertiary/aromatic N) is 1. The monoisotopic (exact) mass is 468 g/mol. The summed E-state index contributed by atoms with van der Waals surface area (Å²) >= 11 is 9.54. The standard InChI is InChI=1S/C19H18BrClN2O3S/c1-3-12(2)22-18-19(27(24,25)14-10-8-13(20)9-11-14)23-17(26-18)15-6-4-5-7-16(15)21/h4-12,22H,3H2,1-2H3. The average molecular weight is 470 g/mol. The van der Waals surface area contributed by atoms with Gasteiger partial charge in [0.05, 0.1) is 15.5 Å². The second-order valence-corrected chi connectivity index (χ2v) is 9.23. The van der Waals surface area contributed by atoms with Crippen LogP contribution >= 0.6 is 27.5 Å². The van der Waals surface area contributed by atoms with Crippen LogP contribution in [0.5, 0.6) is 0 Å². The second-order valence-electron chi connectivity index (χ2n) is 6.04. The van der Waals surface area contributed by atoms with Gasteiger partial charge >= 0.3 is 0 Å². The molecule has 0 amide bonds. The van der Waals surface area contributed by atoms with Crippen LogP contribution in [0.3, 0.4) is 0 Å². The number of anilines is 1. The zero-order chi connectivity index (χ0) is 19.6. The zero-order valence-corrected chi connectivity index (χ0v) is 17.9. The number of hydrogen-bond acceptors (Lipinski definition) is 5. The summed E-state index contributed by atoms with van der Waals surface area (Å²) in [6.45, 7) is 3.93. The topological polar surface area (TPSA) is 72.2 Å². The summed E-state index contributed by atoms with van der Waals surface area (Å²) in [6, 6.07) is 13.4. The Morgan fingerprint density at radius 3 is 2.48 bits per heavy atom. The van der Waals surface area contributed by atoms with Gasteiger partial charge in [0.25, 0.3) is 0 Å². The van der Waals surface area contributed by atoms with Gasteiger partial charge in [0, 0.05) is 10.5 Å². The lowest BCUT2D eigenvalue weighted by Crippen LogP contribution is -2.15. The predicted octanol–water partition coefficient (Wildman–Crippen LogP) is 5.80. The summed E-state index contributed by atoms with van der Waals surface area (Å²) in [6.07, 6.45) is 0.792. The molecule has 0 bridgehead atoms. The smallest absolute Gasteiger partial charge is 0.234 e.